The van der Waals surface area contributed by atoms with E-state index in [4.69, 9.17) is 14.9 Å². The molecule has 0 spiro atoms. The van der Waals surface area contributed by atoms with Crippen LogP contribution in [0.15, 0.2) is 34.4 Å². The number of sulfonamides is 1. The lowest BCUT2D eigenvalue weighted by molar-refractivity contribution is -0.113. The molecule has 11 heteroatoms. The third-order valence-corrected chi connectivity index (χ3v) is 6.48. The van der Waals surface area contributed by atoms with Gasteiger partial charge in [-0.25, -0.2) is 17.5 Å². The summed E-state index contributed by atoms with van der Waals surface area (Å²) >= 11 is 0. The molecule has 31 heavy (non-hydrogen) atoms. The van der Waals surface area contributed by atoms with Gasteiger partial charge < -0.3 is 24.9 Å². The van der Waals surface area contributed by atoms with Crippen molar-refractivity contribution in [3.8, 4) is 0 Å². The van der Waals surface area contributed by atoms with Gasteiger partial charge in [-0.1, -0.05) is 0 Å². The van der Waals surface area contributed by atoms with Crippen LogP contribution in [0.4, 0.5) is 5.69 Å². The lowest BCUT2D eigenvalue weighted by Gasteiger charge is -2.30. The van der Waals surface area contributed by atoms with Crippen LogP contribution in [0.5, 0.6) is 0 Å². The molecule has 1 fully saturated rings. The maximum atomic E-state index is 12.9. The van der Waals surface area contributed by atoms with Crippen LogP contribution in [-0.2, 0) is 24.3 Å². The van der Waals surface area contributed by atoms with Crippen molar-refractivity contribution in [3.05, 3.63) is 35.1 Å². The molecule has 0 amide bonds. The quantitative estimate of drug-likeness (QED) is 0.261. The molecule has 1 aromatic rings. The first-order valence-electron chi connectivity index (χ1n) is 9.51. The van der Waals surface area contributed by atoms with Gasteiger partial charge in [-0.3, -0.25) is 4.79 Å². The van der Waals surface area contributed by atoms with Gasteiger partial charge in [-0.05, 0) is 32.0 Å². The highest BCUT2D eigenvalue weighted by Crippen LogP contribution is 2.27. The van der Waals surface area contributed by atoms with E-state index < -0.39 is 34.1 Å². The summed E-state index contributed by atoms with van der Waals surface area (Å²) in [5.74, 6) is -1.94. The van der Waals surface area contributed by atoms with Gasteiger partial charge in [0, 0.05) is 32.9 Å². The third-order valence-electron chi connectivity index (χ3n) is 4.67. The van der Waals surface area contributed by atoms with Crippen LogP contribution in [0.3, 0.4) is 0 Å². The number of carbonyl (C=O) groups is 2. The molecule has 0 saturated carbocycles. The number of ether oxygens (including phenoxy) is 2. The average Bonchev–Trinajstić information content (AvgIpc) is 2.71. The van der Waals surface area contributed by atoms with Crippen LogP contribution in [0.25, 0.3) is 0 Å². The monoisotopic (exact) mass is 453 g/mol. The summed E-state index contributed by atoms with van der Waals surface area (Å²) in [6.45, 7) is 3.82. The molecule has 2 N–H and O–H groups in total. The summed E-state index contributed by atoms with van der Waals surface area (Å²) in [6, 6.07) is 4.19. The van der Waals surface area contributed by atoms with Crippen molar-refractivity contribution in [2.75, 3.05) is 51.9 Å². The number of Topliss-reactive ketones (excluding diaryl/α,β-unsaturated/α-hetero) is 1. The normalized spacial score (nSPS) is 15.5. The molecule has 1 aliphatic rings. The van der Waals surface area contributed by atoms with Gasteiger partial charge in [0.15, 0.2) is 5.78 Å². The van der Waals surface area contributed by atoms with E-state index in [0.29, 0.717) is 32.0 Å². The zero-order valence-corrected chi connectivity index (χ0v) is 18.8. The molecule has 0 aliphatic carbocycles. The van der Waals surface area contributed by atoms with Crippen LogP contribution in [-0.4, -0.2) is 82.3 Å². The summed E-state index contributed by atoms with van der Waals surface area (Å²) in [7, 11) is -1.03. The first-order chi connectivity index (χ1) is 14.5. The number of anilines is 1. The van der Waals surface area contributed by atoms with E-state index >= 15 is 0 Å². The number of morpholine rings is 1. The summed E-state index contributed by atoms with van der Waals surface area (Å²) < 4.78 is 36.6. The molecule has 1 aliphatic heterocycles. The first kappa shape index (κ1) is 24.5. The first-order valence-corrected chi connectivity index (χ1v) is 11.0. The number of aliphatic hydroxyl groups excluding tert-OH is 1. The fourth-order valence-electron chi connectivity index (χ4n) is 3.10. The molecule has 10 nitrogen and oxygen atoms in total. The number of esters is 1. The Kier molecular flexibility index (Phi) is 7.93. The van der Waals surface area contributed by atoms with E-state index in [1.807, 2.05) is 4.90 Å². The molecule has 170 valence electrons. The molecule has 1 heterocycles. The van der Waals surface area contributed by atoms with E-state index in [0.717, 1.165) is 4.31 Å². The van der Waals surface area contributed by atoms with Gasteiger partial charge >= 0.3 is 5.97 Å². The van der Waals surface area contributed by atoms with Crippen LogP contribution in [0.1, 0.15) is 24.2 Å². The van der Waals surface area contributed by atoms with Crippen LogP contribution in [0.2, 0.25) is 0 Å². The zero-order chi connectivity index (χ0) is 23.3. The fraction of sp³-hybridized carbons (Fsp3) is 0.450. The number of nitrogens with one attached hydrogen (secondary N) is 1. The van der Waals surface area contributed by atoms with Crippen molar-refractivity contribution < 1.29 is 32.6 Å². The second-order valence-electron chi connectivity index (χ2n) is 7.14. The van der Waals surface area contributed by atoms with Gasteiger partial charge in [-0.2, -0.15) is 0 Å². The highest BCUT2D eigenvalue weighted by molar-refractivity contribution is 7.89. The van der Waals surface area contributed by atoms with Crippen molar-refractivity contribution in [1.29, 1.82) is 5.41 Å². The van der Waals surface area contributed by atoms with Crippen LogP contribution in [0, 0.1) is 5.41 Å². The van der Waals surface area contributed by atoms with Crippen LogP contribution >= 0.6 is 0 Å². The number of benzene rings is 1. The van der Waals surface area contributed by atoms with Crippen molar-refractivity contribution in [3.63, 3.8) is 0 Å². The van der Waals surface area contributed by atoms with E-state index in [1.54, 1.807) is 0 Å². The molecular formula is C20H27N3O7S. The van der Waals surface area contributed by atoms with E-state index in [9.17, 15) is 23.1 Å². The number of aliphatic hydroxyl groups is 1. The lowest BCUT2D eigenvalue weighted by atomic mass is 10.1. The lowest BCUT2D eigenvalue weighted by Crippen LogP contribution is -2.37. The van der Waals surface area contributed by atoms with Crippen LogP contribution < -0.4 is 4.90 Å². The SMILES string of the molecule is CC(=N)/C(C(C)=O)=C(/O)COC(=O)c1cc(S(=O)(=O)N(C)C)ccc1N1CCOCC1. The second kappa shape index (κ2) is 10.0. The van der Waals surface area contributed by atoms with Crippen molar-refractivity contribution >= 4 is 33.2 Å². The largest absolute Gasteiger partial charge is 0.508 e. The standard InChI is InChI=1S/C20H27N3O7S/c1-13(21)19(14(2)24)18(25)12-30-20(26)16-11-15(31(27,28)22(3)4)5-6-17(16)23-7-9-29-10-8-23/h5-6,11,21,25H,7-10,12H2,1-4H3/b19-18-,21-13?. The highest BCUT2D eigenvalue weighted by Gasteiger charge is 2.25. The molecule has 0 unspecified atom stereocenters. The summed E-state index contributed by atoms with van der Waals surface area (Å²) in [6.07, 6.45) is 0. The van der Waals surface area contributed by atoms with Gasteiger partial charge in [0.05, 0.1) is 34.9 Å². The van der Waals surface area contributed by atoms with E-state index in [1.165, 1.54) is 46.1 Å². The Morgan fingerprint density at radius 2 is 1.84 bits per heavy atom. The maximum Gasteiger partial charge on any atom is 0.340 e. The van der Waals surface area contributed by atoms with Crippen molar-refractivity contribution in [2.45, 2.75) is 18.7 Å². The Balaban J connectivity index is 2.43. The highest BCUT2D eigenvalue weighted by atomic mass is 32.2. The van der Waals surface area contributed by atoms with E-state index in [-0.39, 0.29) is 21.7 Å². The zero-order valence-electron chi connectivity index (χ0n) is 18.0. The predicted molar refractivity (Wildman–Crippen MR) is 114 cm³/mol. The summed E-state index contributed by atoms with van der Waals surface area (Å²) in [5, 5.41) is 17.7. The Labute approximate surface area is 181 Å². The number of hydrogen-bond acceptors (Lipinski definition) is 9. The number of allylic oxidation sites excluding steroid dienone is 1. The van der Waals surface area contributed by atoms with Crippen molar-refractivity contribution in [1.82, 2.24) is 4.31 Å². The second-order valence-corrected chi connectivity index (χ2v) is 9.30. The van der Waals surface area contributed by atoms with Crippen molar-refractivity contribution in [2.24, 2.45) is 0 Å². The third kappa shape index (κ3) is 5.69. The number of hydrogen-bond donors (Lipinski definition) is 2. The van der Waals surface area contributed by atoms with E-state index in [2.05, 4.69) is 0 Å². The maximum absolute atomic E-state index is 12.9. The minimum absolute atomic E-state index is 0.00794. The minimum Gasteiger partial charge on any atom is -0.508 e. The molecule has 0 radical (unpaired) electrons. The van der Waals surface area contributed by atoms with Gasteiger partial charge in [0.2, 0.25) is 10.0 Å². The topological polar surface area (TPSA) is 137 Å². The fourth-order valence-corrected chi connectivity index (χ4v) is 4.03. The number of nitrogens with zero attached hydrogens (tertiary/aromatic N) is 2. The minimum atomic E-state index is -3.80. The number of rotatable bonds is 8. The molecule has 0 aromatic heterocycles. The molecule has 0 bridgehead atoms. The Hall–Kier alpha value is -2.76. The van der Waals surface area contributed by atoms with Gasteiger partial charge in [0.25, 0.3) is 0 Å². The molecule has 1 aromatic carbocycles. The number of carbonyl (C=O) groups excluding carboxylic acids is 2. The summed E-state index contributed by atoms with van der Waals surface area (Å²) in [4.78, 5) is 26.3. The van der Waals surface area contributed by atoms with Gasteiger partial charge in [-0.15, -0.1) is 0 Å². The Morgan fingerprint density at radius 1 is 1.23 bits per heavy atom. The smallest absolute Gasteiger partial charge is 0.340 e. The molecular weight excluding hydrogens is 426 g/mol. The van der Waals surface area contributed by atoms with Gasteiger partial charge in [0.1, 0.15) is 12.4 Å². The molecule has 1 saturated heterocycles. The molecule has 0 atom stereocenters. The Bertz CT molecular complexity index is 994. The average molecular weight is 454 g/mol. The number of ketones is 1. The summed E-state index contributed by atoms with van der Waals surface area (Å²) in [5.41, 5.74) is 0.0948. The Morgan fingerprint density at radius 3 is 2.35 bits per heavy atom. The molecule has 2 rings (SSSR count). The predicted octanol–water partition coefficient (Wildman–Crippen LogP) is 1.37.